The fourth-order valence-electron chi connectivity index (χ4n) is 4.25. The molecule has 180 valence electrons. The lowest BCUT2D eigenvalue weighted by molar-refractivity contribution is -0.137. The summed E-state index contributed by atoms with van der Waals surface area (Å²) in [5, 5.41) is 18.0. The average Bonchev–Trinajstić information content (AvgIpc) is 2.86. The third-order valence-electron chi connectivity index (χ3n) is 6.11. The van der Waals surface area contributed by atoms with Crippen molar-refractivity contribution in [2.45, 2.75) is 33.2 Å². The molecule has 3 N–H and O–H groups in total. The van der Waals surface area contributed by atoms with Crippen molar-refractivity contribution in [2.24, 2.45) is 0 Å². The fraction of sp³-hybridized carbons (Fsp3) is 0.259. The number of aryl methyl sites for hydroxylation is 1. The van der Waals surface area contributed by atoms with Crippen LogP contribution in [0.4, 0.5) is 22.9 Å². The maximum Gasteiger partial charge on any atom is 0.326 e. The van der Waals surface area contributed by atoms with E-state index in [-0.39, 0.29) is 17.8 Å². The Balaban J connectivity index is 1.51. The minimum Gasteiger partial charge on any atom is -0.480 e. The van der Waals surface area contributed by atoms with E-state index in [1.807, 2.05) is 75.4 Å². The Morgan fingerprint density at radius 3 is 2.37 bits per heavy atom. The van der Waals surface area contributed by atoms with Crippen LogP contribution in [0.1, 0.15) is 25.1 Å². The molecule has 0 aliphatic carbocycles. The molecule has 8 heteroatoms. The van der Waals surface area contributed by atoms with Crippen LogP contribution in [-0.4, -0.2) is 35.2 Å². The Hall–Kier alpha value is -4.20. The zero-order valence-corrected chi connectivity index (χ0v) is 20.0. The predicted octanol–water partition coefficient (Wildman–Crippen LogP) is 3.84. The largest absolute Gasteiger partial charge is 0.480 e. The number of aromatic nitrogens is 1. The summed E-state index contributed by atoms with van der Waals surface area (Å²) < 4.78 is 0. The van der Waals surface area contributed by atoms with E-state index in [0.717, 1.165) is 33.5 Å². The van der Waals surface area contributed by atoms with E-state index in [1.54, 1.807) is 4.90 Å². The van der Waals surface area contributed by atoms with Gasteiger partial charge in [0.15, 0.2) is 0 Å². The van der Waals surface area contributed by atoms with Crippen LogP contribution in [-0.2, 0) is 11.2 Å². The maximum absolute atomic E-state index is 12.2. The normalized spacial score (nSPS) is 12.0. The van der Waals surface area contributed by atoms with Gasteiger partial charge in [-0.15, -0.1) is 0 Å². The SMILES string of the molecule is CCN(CC)c1c(N[C@@H](Cc2ccc(Nc3nc(C)cc4ccccc34)cc2)C(=O)O)c(=O)c1=O. The molecule has 1 aromatic heterocycles. The number of rotatable bonds is 10. The van der Waals surface area contributed by atoms with E-state index in [4.69, 9.17) is 0 Å². The molecule has 0 aliphatic heterocycles. The molecule has 4 rings (SSSR count). The molecule has 1 atom stereocenters. The zero-order valence-electron chi connectivity index (χ0n) is 20.0. The van der Waals surface area contributed by atoms with Crippen molar-refractivity contribution in [1.82, 2.24) is 4.98 Å². The molecular weight excluding hydrogens is 444 g/mol. The summed E-state index contributed by atoms with van der Waals surface area (Å²) in [6, 6.07) is 16.4. The van der Waals surface area contributed by atoms with E-state index in [1.165, 1.54) is 0 Å². The molecule has 0 unspecified atom stereocenters. The smallest absolute Gasteiger partial charge is 0.326 e. The van der Waals surface area contributed by atoms with Crippen LogP contribution in [0.15, 0.2) is 64.2 Å². The number of nitrogens with one attached hydrogen (secondary N) is 2. The highest BCUT2D eigenvalue weighted by Crippen LogP contribution is 2.26. The van der Waals surface area contributed by atoms with Gasteiger partial charge in [0.25, 0.3) is 10.9 Å². The van der Waals surface area contributed by atoms with Crippen molar-refractivity contribution in [1.29, 1.82) is 0 Å². The van der Waals surface area contributed by atoms with E-state index in [2.05, 4.69) is 15.6 Å². The number of aliphatic carboxylic acids is 1. The first-order valence-electron chi connectivity index (χ1n) is 11.6. The number of pyridine rings is 1. The number of anilines is 4. The second kappa shape index (κ2) is 9.97. The predicted molar refractivity (Wildman–Crippen MR) is 140 cm³/mol. The third kappa shape index (κ3) is 4.87. The first-order valence-corrected chi connectivity index (χ1v) is 11.6. The lowest BCUT2D eigenvalue weighted by Gasteiger charge is -2.26. The number of carbonyl (C=O) groups is 1. The molecule has 0 saturated carbocycles. The number of carboxylic acids is 1. The van der Waals surface area contributed by atoms with Gasteiger partial charge in [0.1, 0.15) is 23.2 Å². The topological polar surface area (TPSA) is 112 Å². The van der Waals surface area contributed by atoms with Crippen LogP contribution >= 0.6 is 0 Å². The van der Waals surface area contributed by atoms with Gasteiger partial charge < -0.3 is 20.6 Å². The molecule has 1 heterocycles. The molecule has 0 amide bonds. The van der Waals surface area contributed by atoms with Crippen LogP contribution in [0.2, 0.25) is 0 Å². The maximum atomic E-state index is 12.2. The summed E-state index contributed by atoms with van der Waals surface area (Å²) in [5.74, 6) is -0.344. The standard InChI is InChI=1S/C27H28N4O4/c1-4-31(5-2)23-22(24(32)25(23)33)30-21(27(34)35)15-17-10-12-19(13-11-17)29-26-20-9-7-6-8-18(20)14-16(3)28-26/h6-14,21,30H,4-5,15H2,1-3H3,(H,28,29)(H,34,35)/t21-/m0/s1. The molecule has 4 aromatic rings. The van der Waals surface area contributed by atoms with Crippen molar-refractivity contribution in [3.05, 3.63) is 86.3 Å². The Morgan fingerprint density at radius 2 is 1.71 bits per heavy atom. The molecule has 0 bridgehead atoms. The minimum absolute atomic E-state index is 0.0850. The zero-order chi connectivity index (χ0) is 25.1. The van der Waals surface area contributed by atoms with Crippen LogP contribution in [0.5, 0.6) is 0 Å². The molecule has 0 fully saturated rings. The molecule has 0 aliphatic rings. The fourth-order valence-corrected chi connectivity index (χ4v) is 4.25. The lowest BCUT2D eigenvalue weighted by Crippen LogP contribution is -2.45. The highest BCUT2D eigenvalue weighted by Gasteiger charge is 2.29. The molecule has 35 heavy (non-hydrogen) atoms. The van der Waals surface area contributed by atoms with Gasteiger partial charge in [0.05, 0.1) is 0 Å². The molecule has 0 spiro atoms. The van der Waals surface area contributed by atoms with Gasteiger partial charge in [-0.3, -0.25) is 9.59 Å². The lowest BCUT2D eigenvalue weighted by atomic mass is 10.0. The number of hydrogen-bond donors (Lipinski definition) is 3. The second-order valence-electron chi connectivity index (χ2n) is 8.45. The first-order chi connectivity index (χ1) is 16.8. The van der Waals surface area contributed by atoms with Gasteiger partial charge in [-0.05, 0) is 49.9 Å². The van der Waals surface area contributed by atoms with E-state index < -0.39 is 22.9 Å². The van der Waals surface area contributed by atoms with Gasteiger partial charge >= 0.3 is 5.97 Å². The minimum atomic E-state index is -1.10. The van der Waals surface area contributed by atoms with Gasteiger partial charge in [0, 0.05) is 36.3 Å². The van der Waals surface area contributed by atoms with Gasteiger partial charge in [0.2, 0.25) is 0 Å². The number of fused-ring (bicyclic) bond motifs is 1. The van der Waals surface area contributed by atoms with Crippen LogP contribution in [0.25, 0.3) is 10.8 Å². The van der Waals surface area contributed by atoms with E-state index in [0.29, 0.717) is 13.1 Å². The van der Waals surface area contributed by atoms with Crippen molar-refractivity contribution in [3.8, 4) is 0 Å². The van der Waals surface area contributed by atoms with E-state index >= 15 is 0 Å². The highest BCUT2D eigenvalue weighted by molar-refractivity contribution is 5.93. The molecular formula is C27H28N4O4. The molecule has 0 radical (unpaired) electrons. The summed E-state index contributed by atoms with van der Waals surface area (Å²) in [6.07, 6.45) is 0.151. The van der Waals surface area contributed by atoms with Gasteiger partial charge in [-0.25, -0.2) is 9.78 Å². The summed E-state index contributed by atoms with van der Waals surface area (Å²) in [7, 11) is 0. The van der Waals surface area contributed by atoms with Crippen molar-refractivity contribution >= 4 is 39.6 Å². The summed E-state index contributed by atoms with van der Waals surface area (Å²) >= 11 is 0. The Kier molecular flexibility index (Phi) is 6.82. The van der Waals surface area contributed by atoms with Crippen LogP contribution in [0.3, 0.4) is 0 Å². The van der Waals surface area contributed by atoms with Gasteiger partial charge in [-0.2, -0.15) is 0 Å². The Morgan fingerprint density at radius 1 is 1.03 bits per heavy atom. The quantitative estimate of drug-likeness (QED) is 0.299. The average molecular weight is 473 g/mol. The Labute approximate surface area is 202 Å². The van der Waals surface area contributed by atoms with Crippen molar-refractivity contribution < 1.29 is 9.90 Å². The van der Waals surface area contributed by atoms with Crippen molar-refractivity contribution in [3.63, 3.8) is 0 Å². The van der Waals surface area contributed by atoms with Crippen LogP contribution < -0.4 is 26.4 Å². The molecule has 8 nitrogen and oxygen atoms in total. The summed E-state index contributed by atoms with van der Waals surface area (Å²) in [4.78, 5) is 42.5. The Bertz CT molecular complexity index is 1430. The number of hydrogen-bond acceptors (Lipinski definition) is 7. The molecule has 0 saturated heterocycles. The third-order valence-corrected chi connectivity index (χ3v) is 6.11. The van der Waals surface area contributed by atoms with Gasteiger partial charge in [-0.1, -0.05) is 36.4 Å². The molecule has 3 aromatic carbocycles. The summed E-state index contributed by atoms with van der Waals surface area (Å²) in [6.45, 7) is 6.80. The number of benzene rings is 2. The number of carboxylic acid groups (broad SMARTS) is 1. The number of nitrogens with zero attached hydrogens (tertiary/aromatic N) is 2. The van der Waals surface area contributed by atoms with Crippen molar-refractivity contribution in [2.75, 3.05) is 28.6 Å². The second-order valence-corrected chi connectivity index (χ2v) is 8.45. The highest BCUT2D eigenvalue weighted by atomic mass is 16.4. The first kappa shape index (κ1) is 23.9. The van der Waals surface area contributed by atoms with E-state index in [9.17, 15) is 19.5 Å². The summed E-state index contributed by atoms with van der Waals surface area (Å²) in [5.41, 5.74) is 1.61. The monoisotopic (exact) mass is 472 g/mol. The van der Waals surface area contributed by atoms with Crippen LogP contribution in [0, 0.1) is 6.92 Å².